The van der Waals surface area contributed by atoms with Crippen molar-refractivity contribution >= 4 is 79.0 Å². The van der Waals surface area contributed by atoms with E-state index in [0.717, 1.165) is 95.6 Å². The van der Waals surface area contributed by atoms with Crippen LogP contribution in [0.5, 0.6) is 0 Å². The van der Waals surface area contributed by atoms with Crippen molar-refractivity contribution in [3.05, 3.63) is 253 Å². The molecule has 0 atom stereocenters. The van der Waals surface area contributed by atoms with Gasteiger partial charge in [0, 0.05) is 90.4 Å². The molecule has 5 nitrogen and oxygen atoms in total. The lowest BCUT2D eigenvalue weighted by atomic mass is 9.33. The number of fused-ring (bicyclic) bond motifs is 7. The summed E-state index contributed by atoms with van der Waals surface area (Å²) in [6.07, 6.45) is 4.14. The number of pyridine rings is 2. The molecule has 2 aliphatic rings. The second kappa shape index (κ2) is 20.2. The SMILES string of the molecule is CC(C)(C)c1ccc(-c2ccccc2N2c3cc(-c4ccc(C(C)(C)C)nc4)ccc3B3c4ccc(-c5ccc(C(C)(C)C)nc5)cc4N(c4ccccc4-c4ccc(C(C)(C)C)cc4)c4cc(-n5c6ccccc6c6ccccc65)cc2c43)cc1. The summed E-state index contributed by atoms with van der Waals surface area (Å²) < 4.78 is 2.50. The van der Waals surface area contributed by atoms with Crippen molar-refractivity contribution < 1.29 is 0 Å². The van der Waals surface area contributed by atoms with Gasteiger partial charge in [-0.3, -0.25) is 9.97 Å². The number of nitrogens with zero attached hydrogens (tertiary/aromatic N) is 5. The molecular weight excluding hydrogens is 1040 g/mol. The first-order valence-electron chi connectivity index (χ1n) is 30.6. The molecule has 0 spiro atoms. The Morgan fingerprint density at radius 1 is 0.314 bits per heavy atom. The van der Waals surface area contributed by atoms with E-state index in [2.05, 4.69) is 328 Å². The van der Waals surface area contributed by atoms with Gasteiger partial charge in [-0.25, -0.2) is 0 Å². The van der Waals surface area contributed by atoms with Crippen LogP contribution in [0.2, 0.25) is 0 Å². The molecule has 0 radical (unpaired) electrons. The highest BCUT2D eigenvalue weighted by Crippen LogP contribution is 2.51. The molecule has 9 aromatic carbocycles. The number of hydrogen-bond donors (Lipinski definition) is 0. The van der Waals surface area contributed by atoms with Crippen LogP contribution in [0.4, 0.5) is 34.1 Å². The Morgan fingerprint density at radius 3 is 1.07 bits per heavy atom. The minimum absolute atomic E-state index is 0.00667. The quantitative estimate of drug-likeness (QED) is 0.149. The minimum atomic E-state index is -0.160. The third kappa shape index (κ3) is 9.33. The van der Waals surface area contributed by atoms with Crippen molar-refractivity contribution in [1.82, 2.24) is 14.5 Å². The van der Waals surface area contributed by atoms with Crippen LogP contribution in [0.25, 0.3) is 72.0 Å². The lowest BCUT2D eigenvalue weighted by molar-refractivity contribution is 0.569. The highest BCUT2D eigenvalue weighted by atomic mass is 15.2. The molecule has 0 unspecified atom stereocenters. The van der Waals surface area contributed by atoms with E-state index < -0.39 is 0 Å². The zero-order chi connectivity index (χ0) is 59.6. The summed E-state index contributed by atoms with van der Waals surface area (Å²) in [5.41, 5.74) is 27.5. The van der Waals surface area contributed by atoms with Crippen LogP contribution in [0, 0.1) is 0 Å². The second-order valence-electron chi connectivity index (χ2n) is 28.0. The molecule has 12 aromatic rings. The molecule has 14 rings (SSSR count). The molecule has 0 saturated carbocycles. The van der Waals surface area contributed by atoms with Crippen LogP contribution in [0.1, 0.15) is 106 Å². The van der Waals surface area contributed by atoms with Gasteiger partial charge in [-0.05, 0) is 121 Å². The van der Waals surface area contributed by atoms with Crippen molar-refractivity contribution in [2.75, 3.05) is 9.80 Å². The molecule has 3 aromatic heterocycles. The third-order valence-corrected chi connectivity index (χ3v) is 18.0. The Hall–Kier alpha value is -9.26. The number of hydrogen-bond acceptors (Lipinski definition) is 4. The van der Waals surface area contributed by atoms with Crippen molar-refractivity contribution in [1.29, 1.82) is 0 Å². The van der Waals surface area contributed by atoms with Crippen molar-refractivity contribution in [3.63, 3.8) is 0 Å². The summed E-state index contributed by atoms with van der Waals surface area (Å²) in [5, 5.41) is 2.44. The predicted octanol–water partition coefficient (Wildman–Crippen LogP) is 19.5. The highest BCUT2D eigenvalue weighted by molar-refractivity contribution is 7.00. The van der Waals surface area contributed by atoms with Gasteiger partial charge in [-0.15, -0.1) is 0 Å². The summed E-state index contributed by atoms with van der Waals surface area (Å²) in [5.74, 6) is 0. The van der Waals surface area contributed by atoms with Gasteiger partial charge in [-0.1, -0.05) is 241 Å². The molecule has 0 amide bonds. The molecule has 5 heterocycles. The Labute approximate surface area is 508 Å². The lowest BCUT2D eigenvalue weighted by Crippen LogP contribution is -2.61. The number of para-hydroxylation sites is 4. The fourth-order valence-corrected chi connectivity index (χ4v) is 13.3. The number of rotatable bonds is 7. The predicted molar refractivity (Wildman–Crippen MR) is 367 cm³/mol. The van der Waals surface area contributed by atoms with Gasteiger partial charge in [-0.2, -0.15) is 0 Å². The normalized spacial score (nSPS) is 13.3. The standard InChI is InChI=1S/C80H74BN5/c1-77(2,3)57-37-29-51(30-38-57)60-21-13-17-25-66(60)85-70-45-53(55-35-43-74(82-49-55)79(7,8)9)33-41-64(70)81-65-42-34-54(56-36-44-75(83-50-56)80(10,11)12)46-71(65)86(67-26-18-14-22-61(67)52-31-39-58(40-32-52)78(4,5)6)73-48-59(47-72(85)76(73)81)84-68-27-19-15-23-62(68)63-24-16-20-28-69(63)84/h13-50H,1-12H3. The number of anilines is 6. The highest BCUT2D eigenvalue weighted by Gasteiger charge is 2.45. The molecule has 2 aliphatic heterocycles. The maximum absolute atomic E-state index is 5.11. The molecule has 0 saturated heterocycles. The van der Waals surface area contributed by atoms with Gasteiger partial charge >= 0.3 is 0 Å². The van der Waals surface area contributed by atoms with Gasteiger partial charge in [0.05, 0.1) is 28.1 Å². The minimum Gasteiger partial charge on any atom is -0.311 e. The second-order valence-corrected chi connectivity index (χ2v) is 28.0. The van der Waals surface area contributed by atoms with Crippen LogP contribution < -0.4 is 26.2 Å². The van der Waals surface area contributed by atoms with Gasteiger partial charge in [0.15, 0.2) is 0 Å². The molecule has 0 aliphatic carbocycles. The molecule has 422 valence electrons. The molecule has 86 heavy (non-hydrogen) atoms. The molecular formula is C80H74BN5. The first kappa shape index (κ1) is 54.7. The van der Waals surface area contributed by atoms with Crippen LogP contribution in [-0.4, -0.2) is 21.2 Å². The fraction of sp³-hybridized carbons (Fsp3) is 0.200. The Bertz CT molecular complexity index is 4310. The average Bonchev–Trinajstić information content (AvgIpc) is 0.874. The van der Waals surface area contributed by atoms with Crippen LogP contribution in [0.15, 0.2) is 231 Å². The third-order valence-electron chi connectivity index (χ3n) is 18.0. The smallest absolute Gasteiger partial charge is 0.252 e. The Balaban J connectivity index is 1.11. The van der Waals surface area contributed by atoms with Crippen LogP contribution >= 0.6 is 0 Å². The Kier molecular flexibility index (Phi) is 12.8. The summed E-state index contributed by atoms with van der Waals surface area (Å²) >= 11 is 0. The molecule has 0 fully saturated rings. The van der Waals surface area contributed by atoms with E-state index in [0.29, 0.717) is 0 Å². The van der Waals surface area contributed by atoms with E-state index >= 15 is 0 Å². The van der Waals surface area contributed by atoms with Gasteiger partial charge in [0.25, 0.3) is 6.71 Å². The summed E-state index contributed by atoms with van der Waals surface area (Å²) in [4.78, 5) is 15.4. The van der Waals surface area contributed by atoms with Crippen LogP contribution in [0.3, 0.4) is 0 Å². The van der Waals surface area contributed by atoms with Gasteiger partial charge in [0.2, 0.25) is 0 Å². The zero-order valence-corrected chi connectivity index (χ0v) is 51.8. The fourth-order valence-electron chi connectivity index (χ4n) is 13.3. The topological polar surface area (TPSA) is 37.2 Å². The van der Waals surface area contributed by atoms with Crippen molar-refractivity contribution in [3.8, 4) is 50.2 Å². The maximum atomic E-state index is 5.11. The largest absolute Gasteiger partial charge is 0.311 e. The summed E-state index contributed by atoms with van der Waals surface area (Å²) in [6.45, 7) is 27.0. The molecule has 0 N–H and O–H groups in total. The average molecular weight is 1120 g/mol. The van der Waals surface area contributed by atoms with E-state index in [1.807, 2.05) is 0 Å². The number of aromatic nitrogens is 3. The first-order chi connectivity index (χ1) is 41.2. The van der Waals surface area contributed by atoms with E-state index in [1.54, 1.807) is 0 Å². The lowest BCUT2D eigenvalue weighted by Gasteiger charge is -2.45. The van der Waals surface area contributed by atoms with E-state index in [4.69, 9.17) is 9.97 Å². The van der Waals surface area contributed by atoms with Gasteiger partial charge in [0.1, 0.15) is 0 Å². The van der Waals surface area contributed by atoms with Crippen molar-refractivity contribution in [2.24, 2.45) is 0 Å². The van der Waals surface area contributed by atoms with Crippen molar-refractivity contribution in [2.45, 2.75) is 105 Å². The number of benzene rings is 9. The van der Waals surface area contributed by atoms with Crippen LogP contribution in [-0.2, 0) is 21.7 Å². The van der Waals surface area contributed by atoms with Gasteiger partial charge < -0.3 is 14.4 Å². The molecule has 0 bridgehead atoms. The monoisotopic (exact) mass is 1120 g/mol. The first-order valence-corrected chi connectivity index (χ1v) is 30.6. The van der Waals surface area contributed by atoms with E-state index in [-0.39, 0.29) is 28.4 Å². The van der Waals surface area contributed by atoms with E-state index in [9.17, 15) is 0 Å². The molecule has 6 heteroatoms. The maximum Gasteiger partial charge on any atom is 0.252 e. The Morgan fingerprint density at radius 2 is 0.686 bits per heavy atom. The summed E-state index contributed by atoms with van der Waals surface area (Å²) in [6, 6.07) is 82.7. The van der Waals surface area contributed by atoms with E-state index in [1.165, 1.54) is 49.4 Å². The zero-order valence-electron chi connectivity index (χ0n) is 51.8. The summed E-state index contributed by atoms with van der Waals surface area (Å²) in [7, 11) is 0.